The lowest BCUT2D eigenvalue weighted by atomic mass is 10.2. The summed E-state index contributed by atoms with van der Waals surface area (Å²) in [5.41, 5.74) is 0.837. The van der Waals surface area contributed by atoms with Gasteiger partial charge in [-0.25, -0.2) is 4.39 Å². The summed E-state index contributed by atoms with van der Waals surface area (Å²) in [6.45, 7) is 3.72. The van der Waals surface area contributed by atoms with E-state index in [0.29, 0.717) is 17.6 Å². The van der Waals surface area contributed by atoms with Crippen LogP contribution >= 0.6 is 15.9 Å². The quantitative estimate of drug-likeness (QED) is 0.878. The van der Waals surface area contributed by atoms with Crippen LogP contribution in [0.4, 0.5) is 4.39 Å². The van der Waals surface area contributed by atoms with Crippen molar-refractivity contribution in [3.05, 3.63) is 34.1 Å². The third-order valence-corrected chi connectivity index (χ3v) is 2.88. The maximum absolute atomic E-state index is 13.2. The van der Waals surface area contributed by atoms with Gasteiger partial charge in [-0.1, -0.05) is 22.9 Å². The molecule has 0 fully saturated rings. The van der Waals surface area contributed by atoms with Gasteiger partial charge in [0.2, 0.25) is 0 Å². The first-order valence-corrected chi connectivity index (χ1v) is 6.19. The predicted octanol–water partition coefficient (Wildman–Crippen LogP) is 2.88. The molecule has 17 heavy (non-hydrogen) atoms. The fourth-order valence-corrected chi connectivity index (χ4v) is 2.08. The molecular formula is C12H15BrFNO2. The van der Waals surface area contributed by atoms with Gasteiger partial charge in [0.25, 0.3) is 0 Å². The van der Waals surface area contributed by atoms with Gasteiger partial charge in [0.05, 0.1) is 6.42 Å². The van der Waals surface area contributed by atoms with E-state index in [0.717, 1.165) is 12.1 Å². The molecule has 0 aliphatic carbocycles. The first-order chi connectivity index (χ1) is 8.01. The Hall–Kier alpha value is -0.940. The van der Waals surface area contributed by atoms with E-state index in [9.17, 15) is 9.18 Å². The van der Waals surface area contributed by atoms with Crippen molar-refractivity contribution in [2.75, 3.05) is 13.1 Å². The zero-order valence-corrected chi connectivity index (χ0v) is 11.2. The van der Waals surface area contributed by atoms with E-state index in [-0.39, 0.29) is 12.2 Å². The highest BCUT2D eigenvalue weighted by atomic mass is 79.9. The number of hydrogen-bond donors (Lipinski definition) is 1. The summed E-state index contributed by atoms with van der Waals surface area (Å²) in [5.74, 6) is -1.10. The summed E-state index contributed by atoms with van der Waals surface area (Å²) < 4.78 is 13.8. The number of carboxylic acids is 1. The van der Waals surface area contributed by atoms with Crippen LogP contribution in [-0.4, -0.2) is 29.1 Å². The minimum absolute atomic E-state index is 0.102. The van der Waals surface area contributed by atoms with E-state index >= 15 is 0 Å². The molecule has 1 rings (SSSR count). The monoisotopic (exact) mass is 303 g/mol. The van der Waals surface area contributed by atoms with E-state index in [1.165, 1.54) is 12.1 Å². The Morgan fingerprint density at radius 2 is 2.18 bits per heavy atom. The molecule has 0 aromatic heterocycles. The molecule has 0 unspecified atom stereocenters. The van der Waals surface area contributed by atoms with Crippen molar-refractivity contribution in [3.8, 4) is 0 Å². The van der Waals surface area contributed by atoms with Crippen LogP contribution in [0.15, 0.2) is 22.7 Å². The molecule has 0 aliphatic rings. The van der Waals surface area contributed by atoms with Crippen molar-refractivity contribution in [2.45, 2.75) is 19.9 Å². The minimum atomic E-state index is -0.816. The molecular weight excluding hydrogens is 289 g/mol. The Labute approximate surface area is 108 Å². The van der Waals surface area contributed by atoms with E-state index in [1.54, 1.807) is 0 Å². The molecule has 94 valence electrons. The lowest BCUT2D eigenvalue weighted by molar-refractivity contribution is -0.137. The molecule has 0 atom stereocenters. The normalized spacial score (nSPS) is 10.8. The molecule has 0 heterocycles. The molecule has 0 bridgehead atoms. The molecule has 0 saturated heterocycles. The average Bonchev–Trinajstić information content (AvgIpc) is 2.22. The maximum Gasteiger partial charge on any atom is 0.304 e. The van der Waals surface area contributed by atoms with Crippen LogP contribution in [-0.2, 0) is 11.3 Å². The fraction of sp³-hybridized carbons (Fsp3) is 0.417. The highest BCUT2D eigenvalue weighted by Crippen LogP contribution is 2.16. The van der Waals surface area contributed by atoms with Gasteiger partial charge < -0.3 is 5.11 Å². The number of hydrogen-bond acceptors (Lipinski definition) is 2. The number of benzene rings is 1. The number of rotatable bonds is 6. The predicted molar refractivity (Wildman–Crippen MR) is 67.3 cm³/mol. The standard InChI is InChI=1S/C12H15BrFNO2/c1-2-15(4-3-12(16)17)8-9-5-10(13)7-11(14)6-9/h5-7H,2-4,8H2,1H3,(H,16,17). The van der Waals surface area contributed by atoms with Crippen LogP contribution in [0.25, 0.3) is 0 Å². The Morgan fingerprint density at radius 3 is 2.71 bits per heavy atom. The molecule has 0 aliphatic heterocycles. The van der Waals surface area contributed by atoms with E-state index in [2.05, 4.69) is 15.9 Å². The molecule has 3 nitrogen and oxygen atoms in total. The molecule has 1 N–H and O–H groups in total. The molecule has 0 radical (unpaired) electrons. The largest absolute Gasteiger partial charge is 0.481 e. The second-order valence-corrected chi connectivity index (χ2v) is 4.71. The molecule has 5 heteroatoms. The SMILES string of the molecule is CCN(CCC(=O)O)Cc1cc(F)cc(Br)c1. The first kappa shape index (κ1) is 14.1. The summed E-state index contributed by atoms with van der Waals surface area (Å²) in [7, 11) is 0. The number of halogens is 2. The lowest BCUT2D eigenvalue weighted by Gasteiger charge is -2.19. The van der Waals surface area contributed by atoms with E-state index in [1.807, 2.05) is 17.9 Å². The minimum Gasteiger partial charge on any atom is -0.481 e. The Bertz CT molecular complexity index is 378. The zero-order chi connectivity index (χ0) is 12.8. The van der Waals surface area contributed by atoms with Crippen LogP contribution in [0.5, 0.6) is 0 Å². The number of aliphatic carboxylic acids is 1. The van der Waals surface area contributed by atoms with Crippen molar-refractivity contribution >= 4 is 21.9 Å². The van der Waals surface area contributed by atoms with Gasteiger partial charge >= 0.3 is 5.97 Å². The topological polar surface area (TPSA) is 40.5 Å². The van der Waals surface area contributed by atoms with Gasteiger partial charge in [-0.05, 0) is 30.3 Å². The number of carbonyl (C=O) groups is 1. The van der Waals surface area contributed by atoms with Crippen LogP contribution < -0.4 is 0 Å². The maximum atomic E-state index is 13.2. The first-order valence-electron chi connectivity index (χ1n) is 5.40. The van der Waals surface area contributed by atoms with Gasteiger partial charge in [0.15, 0.2) is 0 Å². The third-order valence-electron chi connectivity index (χ3n) is 2.42. The van der Waals surface area contributed by atoms with Crippen molar-refractivity contribution in [2.24, 2.45) is 0 Å². The molecule has 1 aromatic rings. The average molecular weight is 304 g/mol. The van der Waals surface area contributed by atoms with Crippen molar-refractivity contribution in [3.63, 3.8) is 0 Å². The highest BCUT2D eigenvalue weighted by Gasteiger charge is 2.07. The third kappa shape index (κ3) is 5.28. The second kappa shape index (κ2) is 6.71. The summed E-state index contributed by atoms with van der Waals surface area (Å²) in [5, 5.41) is 8.62. The zero-order valence-electron chi connectivity index (χ0n) is 9.62. The number of nitrogens with zero attached hydrogens (tertiary/aromatic N) is 1. The summed E-state index contributed by atoms with van der Waals surface area (Å²) in [4.78, 5) is 12.5. The summed E-state index contributed by atoms with van der Waals surface area (Å²) >= 11 is 3.23. The smallest absolute Gasteiger partial charge is 0.304 e. The van der Waals surface area contributed by atoms with Crippen molar-refractivity contribution in [1.29, 1.82) is 0 Å². The van der Waals surface area contributed by atoms with Crippen molar-refractivity contribution < 1.29 is 14.3 Å². The summed E-state index contributed by atoms with van der Waals surface area (Å²) in [6, 6.07) is 4.71. The second-order valence-electron chi connectivity index (χ2n) is 3.79. The Balaban J connectivity index is 2.63. The van der Waals surface area contributed by atoms with Crippen LogP contribution in [0.3, 0.4) is 0 Å². The van der Waals surface area contributed by atoms with E-state index in [4.69, 9.17) is 5.11 Å². The summed E-state index contributed by atoms with van der Waals surface area (Å²) in [6.07, 6.45) is 0.102. The fourth-order valence-electron chi connectivity index (χ4n) is 1.56. The van der Waals surface area contributed by atoms with Crippen LogP contribution in [0.2, 0.25) is 0 Å². The Morgan fingerprint density at radius 1 is 1.47 bits per heavy atom. The molecule has 0 saturated carbocycles. The van der Waals surface area contributed by atoms with Gasteiger partial charge in [-0.2, -0.15) is 0 Å². The lowest BCUT2D eigenvalue weighted by Crippen LogP contribution is -2.25. The molecule has 1 aromatic carbocycles. The van der Waals surface area contributed by atoms with E-state index < -0.39 is 5.97 Å². The van der Waals surface area contributed by atoms with Gasteiger partial charge in [-0.15, -0.1) is 0 Å². The molecule has 0 amide bonds. The van der Waals surface area contributed by atoms with Gasteiger partial charge in [-0.3, -0.25) is 9.69 Å². The van der Waals surface area contributed by atoms with Crippen molar-refractivity contribution in [1.82, 2.24) is 4.90 Å². The van der Waals surface area contributed by atoms with Gasteiger partial charge in [0, 0.05) is 17.6 Å². The van der Waals surface area contributed by atoms with Crippen LogP contribution in [0.1, 0.15) is 18.9 Å². The highest BCUT2D eigenvalue weighted by molar-refractivity contribution is 9.10. The molecule has 0 spiro atoms. The van der Waals surface area contributed by atoms with Gasteiger partial charge in [0.1, 0.15) is 5.82 Å². The van der Waals surface area contributed by atoms with Crippen LogP contribution in [0, 0.1) is 5.82 Å². The Kier molecular flexibility index (Phi) is 5.58. The number of carboxylic acid groups (broad SMARTS) is 1.